The van der Waals surface area contributed by atoms with Crippen LogP contribution in [0.3, 0.4) is 0 Å². The molecule has 3 rings (SSSR count). The first-order valence-corrected chi connectivity index (χ1v) is 9.97. The van der Waals surface area contributed by atoms with Crippen molar-refractivity contribution >= 4 is 23.4 Å². The number of thioether (sulfide) groups is 1. The number of hydrogen-bond acceptors (Lipinski definition) is 4. The Morgan fingerprint density at radius 3 is 2.52 bits per heavy atom. The van der Waals surface area contributed by atoms with Crippen molar-refractivity contribution in [1.29, 1.82) is 0 Å². The third-order valence-electron chi connectivity index (χ3n) is 4.46. The van der Waals surface area contributed by atoms with Crippen molar-refractivity contribution in [3.63, 3.8) is 0 Å². The van der Waals surface area contributed by atoms with Crippen LogP contribution in [-0.4, -0.2) is 16.6 Å². The SMILES string of the molecule is Cc1ccc(-c2cnc(SCC(=O)Nc3ccc(C(C)C)cc3)o2)cc1C. The minimum atomic E-state index is -0.0803. The highest BCUT2D eigenvalue weighted by Gasteiger charge is 2.11. The van der Waals surface area contributed by atoms with Gasteiger partial charge in [-0.05, 0) is 54.7 Å². The molecule has 0 atom stereocenters. The summed E-state index contributed by atoms with van der Waals surface area (Å²) >= 11 is 1.29. The third-order valence-corrected chi connectivity index (χ3v) is 5.31. The number of hydrogen-bond donors (Lipinski definition) is 1. The minimum Gasteiger partial charge on any atom is -0.431 e. The normalized spacial score (nSPS) is 11.0. The van der Waals surface area contributed by atoms with Crippen molar-refractivity contribution in [2.45, 2.75) is 38.8 Å². The molecule has 1 aromatic heterocycles. The van der Waals surface area contributed by atoms with Gasteiger partial charge in [-0.3, -0.25) is 4.79 Å². The number of oxazole rings is 1. The molecule has 140 valence electrons. The number of anilines is 1. The third kappa shape index (κ3) is 5.01. The van der Waals surface area contributed by atoms with Crippen LogP contribution in [-0.2, 0) is 4.79 Å². The first kappa shape index (κ1) is 19.2. The van der Waals surface area contributed by atoms with Crippen LogP contribution in [0, 0.1) is 13.8 Å². The highest BCUT2D eigenvalue weighted by Crippen LogP contribution is 2.27. The molecule has 4 nitrogen and oxygen atoms in total. The number of aryl methyl sites for hydroxylation is 2. The lowest BCUT2D eigenvalue weighted by Crippen LogP contribution is -2.13. The van der Waals surface area contributed by atoms with Gasteiger partial charge in [-0.2, -0.15) is 0 Å². The molecule has 0 aliphatic rings. The Kier molecular flexibility index (Phi) is 6.01. The van der Waals surface area contributed by atoms with Crippen molar-refractivity contribution in [2.75, 3.05) is 11.1 Å². The zero-order valence-corrected chi connectivity index (χ0v) is 16.9. The van der Waals surface area contributed by atoms with Crippen molar-refractivity contribution in [3.8, 4) is 11.3 Å². The highest BCUT2D eigenvalue weighted by atomic mass is 32.2. The Morgan fingerprint density at radius 2 is 1.85 bits per heavy atom. The van der Waals surface area contributed by atoms with E-state index in [1.54, 1.807) is 6.20 Å². The summed E-state index contributed by atoms with van der Waals surface area (Å²) in [4.78, 5) is 16.4. The number of benzene rings is 2. The lowest BCUT2D eigenvalue weighted by atomic mass is 10.0. The fraction of sp³-hybridized carbons (Fsp3) is 0.273. The maximum atomic E-state index is 12.2. The van der Waals surface area contributed by atoms with Crippen LogP contribution >= 0.6 is 11.8 Å². The molecule has 0 fully saturated rings. The Hall–Kier alpha value is -2.53. The minimum absolute atomic E-state index is 0.0803. The Balaban J connectivity index is 1.56. The summed E-state index contributed by atoms with van der Waals surface area (Å²) < 4.78 is 5.78. The summed E-state index contributed by atoms with van der Waals surface area (Å²) in [5, 5.41) is 3.40. The van der Waals surface area contributed by atoms with Crippen molar-refractivity contribution in [1.82, 2.24) is 4.98 Å². The van der Waals surface area contributed by atoms with Gasteiger partial charge in [0.05, 0.1) is 11.9 Å². The van der Waals surface area contributed by atoms with E-state index in [0.29, 0.717) is 16.9 Å². The quantitative estimate of drug-likeness (QED) is 0.548. The second kappa shape index (κ2) is 8.44. The topological polar surface area (TPSA) is 55.1 Å². The molecule has 5 heteroatoms. The van der Waals surface area contributed by atoms with E-state index >= 15 is 0 Å². The van der Waals surface area contributed by atoms with Crippen molar-refractivity contribution < 1.29 is 9.21 Å². The van der Waals surface area contributed by atoms with Gasteiger partial charge >= 0.3 is 0 Å². The van der Waals surface area contributed by atoms with Crippen LogP contribution in [0.15, 0.2) is 58.3 Å². The van der Waals surface area contributed by atoms with Crippen molar-refractivity contribution in [2.24, 2.45) is 0 Å². The van der Waals surface area contributed by atoms with Crippen LogP contribution in [0.2, 0.25) is 0 Å². The lowest BCUT2D eigenvalue weighted by molar-refractivity contribution is -0.113. The maximum Gasteiger partial charge on any atom is 0.256 e. The van der Waals surface area contributed by atoms with Crippen LogP contribution in [0.25, 0.3) is 11.3 Å². The molecule has 0 unspecified atom stereocenters. The van der Waals surface area contributed by atoms with Gasteiger partial charge < -0.3 is 9.73 Å². The molecule has 3 aromatic rings. The number of nitrogens with one attached hydrogen (secondary N) is 1. The Labute approximate surface area is 164 Å². The van der Waals surface area contributed by atoms with E-state index in [0.717, 1.165) is 11.3 Å². The van der Waals surface area contributed by atoms with E-state index in [1.807, 2.05) is 30.3 Å². The second-order valence-corrected chi connectivity index (χ2v) is 7.83. The number of aromatic nitrogens is 1. The molecule has 0 aliphatic carbocycles. The van der Waals surface area contributed by atoms with Crippen LogP contribution in [0.1, 0.15) is 36.5 Å². The fourth-order valence-corrected chi connectivity index (χ4v) is 3.23. The maximum absolute atomic E-state index is 12.2. The predicted octanol–water partition coefficient (Wildman–Crippen LogP) is 5.81. The van der Waals surface area contributed by atoms with E-state index in [2.05, 4.69) is 50.1 Å². The molecule has 27 heavy (non-hydrogen) atoms. The Morgan fingerprint density at radius 1 is 1.11 bits per heavy atom. The van der Waals surface area contributed by atoms with Gasteiger partial charge in [-0.1, -0.05) is 49.9 Å². The molecule has 1 amide bonds. The second-order valence-electron chi connectivity index (χ2n) is 6.90. The highest BCUT2D eigenvalue weighted by molar-refractivity contribution is 7.99. The van der Waals surface area contributed by atoms with Crippen LogP contribution in [0.5, 0.6) is 0 Å². The van der Waals surface area contributed by atoms with Gasteiger partial charge in [0.15, 0.2) is 5.76 Å². The molecule has 0 aliphatic heterocycles. The number of carbonyl (C=O) groups excluding carboxylic acids is 1. The van der Waals surface area contributed by atoms with E-state index < -0.39 is 0 Å². The van der Waals surface area contributed by atoms with E-state index in [4.69, 9.17) is 4.42 Å². The van der Waals surface area contributed by atoms with Gasteiger partial charge in [0.2, 0.25) is 5.91 Å². The molecule has 1 N–H and O–H groups in total. The number of carbonyl (C=O) groups is 1. The van der Waals surface area contributed by atoms with Gasteiger partial charge in [0.25, 0.3) is 5.22 Å². The molecule has 0 radical (unpaired) electrons. The molecule has 0 saturated heterocycles. The zero-order valence-electron chi connectivity index (χ0n) is 16.1. The number of rotatable bonds is 6. The predicted molar refractivity (Wildman–Crippen MR) is 111 cm³/mol. The first-order chi connectivity index (χ1) is 12.9. The van der Waals surface area contributed by atoms with E-state index in [9.17, 15) is 4.79 Å². The average molecular weight is 381 g/mol. The van der Waals surface area contributed by atoms with Crippen LogP contribution < -0.4 is 5.32 Å². The molecular formula is C22H24N2O2S. The van der Waals surface area contributed by atoms with Crippen molar-refractivity contribution in [3.05, 3.63) is 65.4 Å². The summed E-state index contributed by atoms with van der Waals surface area (Å²) in [6.45, 7) is 8.44. The standard InChI is InChI=1S/C22H24N2O2S/c1-14(2)17-7-9-19(10-8-17)24-21(25)13-27-22-23-12-20(26-22)18-6-5-15(3)16(4)11-18/h5-12,14H,13H2,1-4H3,(H,24,25). The van der Waals surface area contributed by atoms with Gasteiger partial charge in [-0.25, -0.2) is 4.98 Å². The summed E-state index contributed by atoms with van der Waals surface area (Å²) in [5.74, 6) is 1.36. The molecule has 0 bridgehead atoms. The molecule has 1 heterocycles. The summed E-state index contributed by atoms with van der Waals surface area (Å²) in [6, 6.07) is 14.1. The molecule has 2 aromatic carbocycles. The smallest absolute Gasteiger partial charge is 0.256 e. The average Bonchev–Trinajstić information content (AvgIpc) is 3.12. The zero-order chi connectivity index (χ0) is 19.4. The van der Waals surface area contributed by atoms with Gasteiger partial charge in [-0.15, -0.1) is 0 Å². The van der Waals surface area contributed by atoms with Gasteiger partial charge in [0, 0.05) is 11.3 Å². The molecular weight excluding hydrogens is 356 g/mol. The number of nitrogens with zero attached hydrogens (tertiary/aromatic N) is 1. The Bertz CT molecular complexity index is 930. The van der Waals surface area contributed by atoms with E-state index in [1.165, 1.54) is 28.5 Å². The summed E-state index contributed by atoms with van der Waals surface area (Å²) in [5.41, 5.74) is 5.49. The monoisotopic (exact) mass is 380 g/mol. The fourth-order valence-electron chi connectivity index (χ4n) is 2.63. The number of amides is 1. The van der Waals surface area contributed by atoms with Crippen LogP contribution in [0.4, 0.5) is 5.69 Å². The largest absolute Gasteiger partial charge is 0.431 e. The van der Waals surface area contributed by atoms with Gasteiger partial charge in [0.1, 0.15) is 0 Å². The molecule has 0 saturated carbocycles. The first-order valence-electron chi connectivity index (χ1n) is 8.98. The lowest BCUT2D eigenvalue weighted by Gasteiger charge is -2.08. The molecule has 0 spiro atoms. The summed E-state index contributed by atoms with van der Waals surface area (Å²) in [6.07, 6.45) is 1.70. The van der Waals surface area contributed by atoms with E-state index in [-0.39, 0.29) is 11.7 Å². The summed E-state index contributed by atoms with van der Waals surface area (Å²) in [7, 11) is 0.